The lowest BCUT2D eigenvalue weighted by molar-refractivity contribution is 0.793. The summed E-state index contributed by atoms with van der Waals surface area (Å²) in [6, 6.07) is 1.84. The second-order valence-corrected chi connectivity index (χ2v) is 3.74. The van der Waals surface area contributed by atoms with Gasteiger partial charge in [-0.15, -0.1) is 0 Å². The molecule has 5 nitrogen and oxygen atoms in total. The molecule has 0 unspecified atom stereocenters. The molecule has 0 saturated heterocycles. The molecule has 2 N–H and O–H groups in total. The molecule has 0 spiro atoms. The molecule has 2 heterocycles. The summed E-state index contributed by atoms with van der Waals surface area (Å²) in [6.07, 6.45) is 7.55. The van der Waals surface area contributed by atoms with Crippen molar-refractivity contribution in [2.75, 3.05) is 5.73 Å². The molecular weight excluding hydrogens is 190 g/mol. The predicted octanol–water partition coefficient (Wildman–Crippen LogP) is 1.12. The number of aromatic nitrogens is 4. The van der Waals surface area contributed by atoms with Gasteiger partial charge in [0.1, 0.15) is 0 Å². The number of nitrogens with zero attached hydrogens (tertiary/aromatic N) is 4. The van der Waals surface area contributed by atoms with Crippen molar-refractivity contribution in [3.63, 3.8) is 0 Å². The molecule has 0 aromatic carbocycles. The first kappa shape index (κ1) is 8.40. The summed E-state index contributed by atoms with van der Waals surface area (Å²) in [5, 5.41) is 4.09. The molecule has 2 aromatic rings. The molecule has 1 aliphatic rings. The number of hydrogen-bond acceptors (Lipinski definition) is 4. The molecule has 0 bridgehead atoms. The smallest absolute Gasteiger partial charge is 0.250 e. The van der Waals surface area contributed by atoms with E-state index in [1.165, 1.54) is 12.8 Å². The van der Waals surface area contributed by atoms with Crippen LogP contribution in [-0.4, -0.2) is 19.7 Å². The van der Waals surface area contributed by atoms with Crippen LogP contribution >= 0.6 is 0 Å². The Balaban J connectivity index is 2.06. The minimum absolute atomic E-state index is 0.530. The average molecular weight is 201 g/mol. The van der Waals surface area contributed by atoms with Gasteiger partial charge >= 0.3 is 0 Å². The van der Waals surface area contributed by atoms with Crippen LogP contribution in [0.15, 0.2) is 24.7 Å². The molecule has 3 rings (SSSR count). The van der Waals surface area contributed by atoms with Crippen molar-refractivity contribution in [2.24, 2.45) is 0 Å². The Morgan fingerprint density at radius 1 is 1.40 bits per heavy atom. The molecule has 2 aromatic heterocycles. The van der Waals surface area contributed by atoms with Crippen molar-refractivity contribution >= 4 is 5.69 Å². The molecule has 0 aliphatic heterocycles. The quantitative estimate of drug-likeness (QED) is 0.790. The summed E-state index contributed by atoms with van der Waals surface area (Å²) in [7, 11) is 0. The maximum absolute atomic E-state index is 5.83. The van der Waals surface area contributed by atoms with Crippen LogP contribution in [-0.2, 0) is 0 Å². The molecule has 0 radical (unpaired) electrons. The second-order valence-electron chi connectivity index (χ2n) is 3.74. The van der Waals surface area contributed by atoms with Crippen LogP contribution in [0.4, 0.5) is 5.69 Å². The van der Waals surface area contributed by atoms with Crippen LogP contribution in [0.2, 0.25) is 0 Å². The summed E-state index contributed by atoms with van der Waals surface area (Å²) >= 11 is 0. The molecule has 1 aliphatic carbocycles. The topological polar surface area (TPSA) is 69.6 Å². The van der Waals surface area contributed by atoms with Gasteiger partial charge in [0, 0.05) is 18.3 Å². The fourth-order valence-corrected chi connectivity index (χ4v) is 1.58. The van der Waals surface area contributed by atoms with Crippen LogP contribution in [0.3, 0.4) is 0 Å². The number of nitrogens with two attached hydrogens (primary N) is 1. The molecule has 15 heavy (non-hydrogen) atoms. The van der Waals surface area contributed by atoms with Gasteiger partial charge < -0.3 is 5.73 Å². The Labute approximate surface area is 87.0 Å². The maximum Gasteiger partial charge on any atom is 0.250 e. The zero-order chi connectivity index (χ0) is 10.3. The average Bonchev–Trinajstić information content (AvgIpc) is 2.94. The van der Waals surface area contributed by atoms with Crippen molar-refractivity contribution in [3.05, 3.63) is 30.4 Å². The molecule has 0 atom stereocenters. The fourth-order valence-electron chi connectivity index (χ4n) is 1.58. The standard InChI is InChI=1S/C10H11N5/c11-8-6-12-10(15-5-1-4-13-15)14-9(8)7-2-3-7/h1,4-7H,2-3,11H2. The van der Waals surface area contributed by atoms with Crippen molar-refractivity contribution < 1.29 is 0 Å². The SMILES string of the molecule is Nc1cnc(-n2cccn2)nc1C1CC1. The van der Waals surface area contributed by atoms with E-state index < -0.39 is 0 Å². The number of nitrogen functional groups attached to an aromatic ring is 1. The Hall–Kier alpha value is -1.91. The van der Waals surface area contributed by atoms with E-state index >= 15 is 0 Å². The van der Waals surface area contributed by atoms with Gasteiger partial charge in [-0.3, -0.25) is 0 Å². The Morgan fingerprint density at radius 2 is 2.27 bits per heavy atom. The number of rotatable bonds is 2. The lowest BCUT2D eigenvalue weighted by atomic mass is 10.2. The van der Waals surface area contributed by atoms with Gasteiger partial charge in [0.05, 0.1) is 17.6 Å². The van der Waals surface area contributed by atoms with E-state index in [4.69, 9.17) is 5.73 Å². The Bertz CT molecular complexity index is 473. The van der Waals surface area contributed by atoms with Crippen molar-refractivity contribution in [3.8, 4) is 5.95 Å². The van der Waals surface area contributed by atoms with E-state index in [1.54, 1.807) is 17.1 Å². The Morgan fingerprint density at radius 3 is 2.93 bits per heavy atom. The highest BCUT2D eigenvalue weighted by Crippen LogP contribution is 2.41. The van der Waals surface area contributed by atoms with E-state index in [2.05, 4.69) is 15.1 Å². The molecular formula is C10H11N5. The van der Waals surface area contributed by atoms with Crippen LogP contribution in [0.5, 0.6) is 0 Å². The summed E-state index contributed by atoms with van der Waals surface area (Å²) < 4.78 is 1.64. The number of anilines is 1. The normalized spacial score (nSPS) is 15.5. The summed E-state index contributed by atoms with van der Waals surface area (Å²) in [4.78, 5) is 8.60. The first-order valence-corrected chi connectivity index (χ1v) is 4.97. The van der Waals surface area contributed by atoms with Crippen LogP contribution in [0, 0.1) is 0 Å². The summed E-state index contributed by atoms with van der Waals surface area (Å²) in [6.45, 7) is 0. The van der Waals surface area contributed by atoms with Gasteiger partial charge in [-0.05, 0) is 18.9 Å². The van der Waals surface area contributed by atoms with Crippen LogP contribution < -0.4 is 5.73 Å². The molecule has 0 amide bonds. The van der Waals surface area contributed by atoms with Crippen molar-refractivity contribution in [1.82, 2.24) is 19.7 Å². The minimum Gasteiger partial charge on any atom is -0.396 e. The lowest BCUT2D eigenvalue weighted by Crippen LogP contribution is -2.06. The van der Waals surface area contributed by atoms with Gasteiger partial charge in [-0.2, -0.15) is 5.10 Å². The van der Waals surface area contributed by atoms with Gasteiger partial charge in [-0.25, -0.2) is 14.6 Å². The third-order valence-corrected chi connectivity index (χ3v) is 2.51. The van der Waals surface area contributed by atoms with Crippen molar-refractivity contribution in [2.45, 2.75) is 18.8 Å². The van der Waals surface area contributed by atoms with Crippen molar-refractivity contribution in [1.29, 1.82) is 0 Å². The monoisotopic (exact) mass is 201 g/mol. The molecule has 1 fully saturated rings. The maximum atomic E-state index is 5.83. The van der Waals surface area contributed by atoms with E-state index in [-0.39, 0.29) is 0 Å². The molecule has 1 saturated carbocycles. The summed E-state index contributed by atoms with van der Waals surface area (Å²) in [5.41, 5.74) is 7.49. The van der Waals surface area contributed by atoms with Gasteiger partial charge in [0.25, 0.3) is 5.95 Å². The lowest BCUT2D eigenvalue weighted by Gasteiger charge is -2.05. The molecule has 76 valence electrons. The van der Waals surface area contributed by atoms with E-state index in [0.717, 1.165) is 5.69 Å². The van der Waals surface area contributed by atoms with E-state index in [9.17, 15) is 0 Å². The fraction of sp³-hybridized carbons (Fsp3) is 0.300. The predicted molar refractivity (Wildman–Crippen MR) is 55.5 cm³/mol. The third-order valence-electron chi connectivity index (χ3n) is 2.51. The van der Waals surface area contributed by atoms with Crippen LogP contribution in [0.25, 0.3) is 5.95 Å². The molecule has 5 heteroatoms. The van der Waals surface area contributed by atoms with Gasteiger partial charge in [0.2, 0.25) is 0 Å². The zero-order valence-corrected chi connectivity index (χ0v) is 8.17. The Kier molecular flexibility index (Phi) is 1.71. The van der Waals surface area contributed by atoms with Gasteiger partial charge in [-0.1, -0.05) is 0 Å². The highest BCUT2D eigenvalue weighted by atomic mass is 15.3. The van der Waals surface area contributed by atoms with E-state index in [0.29, 0.717) is 17.6 Å². The highest BCUT2D eigenvalue weighted by Gasteiger charge is 2.27. The first-order valence-electron chi connectivity index (χ1n) is 4.97. The van der Waals surface area contributed by atoms with Crippen LogP contribution in [0.1, 0.15) is 24.5 Å². The largest absolute Gasteiger partial charge is 0.396 e. The van der Waals surface area contributed by atoms with E-state index in [1.807, 2.05) is 12.3 Å². The first-order chi connectivity index (χ1) is 7.34. The number of hydrogen-bond donors (Lipinski definition) is 1. The van der Waals surface area contributed by atoms with Gasteiger partial charge in [0.15, 0.2) is 0 Å². The zero-order valence-electron chi connectivity index (χ0n) is 8.17. The second kappa shape index (κ2) is 3.05. The highest BCUT2D eigenvalue weighted by molar-refractivity contribution is 5.45. The third kappa shape index (κ3) is 1.45. The minimum atomic E-state index is 0.530. The summed E-state index contributed by atoms with van der Waals surface area (Å²) in [5.74, 6) is 1.12.